The van der Waals surface area contributed by atoms with Gasteiger partial charge in [-0.3, -0.25) is 9.48 Å². The van der Waals surface area contributed by atoms with Crippen molar-refractivity contribution in [1.82, 2.24) is 15.1 Å². The van der Waals surface area contributed by atoms with Crippen molar-refractivity contribution < 1.29 is 9.53 Å². The normalized spacial score (nSPS) is 15.2. The molecule has 1 aliphatic rings. The number of hydrogen-bond acceptors (Lipinski definition) is 4. The van der Waals surface area contributed by atoms with Gasteiger partial charge in [-0.2, -0.15) is 5.10 Å². The minimum atomic E-state index is -0.128. The van der Waals surface area contributed by atoms with E-state index < -0.39 is 0 Å². The smallest absolute Gasteiger partial charge is 0.269 e. The van der Waals surface area contributed by atoms with E-state index >= 15 is 0 Å². The Morgan fingerprint density at radius 3 is 2.64 bits per heavy atom. The molecule has 1 atom stereocenters. The lowest BCUT2D eigenvalue weighted by Crippen LogP contribution is -2.35. The van der Waals surface area contributed by atoms with Gasteiger partial charge in [-0.1, -0.05) is 18.2 Å². The van der Waals surface area contributed by atoms with Gasteiger partial charge in [-0.25, -0.2) is 0 Å². The molecule has 6 heteroatoms. The van der Waals surface area contributed by atoms with E-state index in [1.807, 2.05) is 13.0 Å². The predicted molar refractivity (Wildman–Crippen MR) is 112 cm³/mol. The van der Waals surface area contributed by atoms with Gasteiger partial charge in [0.2, 0.25) is 0 Å². The first-order valence-electron chi connectivity index (χ1n) is 9.26. The number of nitrogens with zero attached hydrogens (tertiary/aromatic N) is 2. The Labute approximate surface area is 169 Å². The Kier molecular flexibility index (Phi) is 5.13. The lowest BCUT2D eigenvalue weighted by molar-refractivity contribution is 0.0924. The number of thioether (sulfide) groups is 1. The van der Waals surface area contributed by atoms with Crippen molar-refractivity contribution in [2.24, 2.45) is 7.05 Å². The first kappa shape index (κ1) is 18.6. The highest BCUT2D eigenvalue weighted by atomic mass is 32.2. The van der Waals surface area contributed by atoms with Crippen molar-refractivity contribution in [2.75, 3.05) is 12.8 Å². The van der Waals surface area contributed by atoms with Gasteiger partial charge < -0.3 is 10.1 Å². The maximum Gasteiger partial charge on any atom is 0.269 e. The van der Waals surface area contributed by atoms with Crippen LogP contribution < -0.4 is 10.1 Å². The third kappa shape index (κ3) is 3.78. The minimum Gasteiger partial charge on any atom is -0.488 e. The van der Waals surface area contributed by atoms with Crippen LogP contribution >= 0.6 is 11.8 Å². The lowest BCUT2D eigenvalue weighted by Gasteiger charge is -2.11. The summed E-state index contributed by atoms with van der Waals surface area (Å²) in [5, 5.41) is 7.18. The number of aromatic nitrogens is 2. The molecule has 0 radical (unpaired) electrons. The highest BCUT2D eigenvalue weighted by molar-refractivity contribution is 7.98. The molecular weight excluding hydrogens is 370 g/mol. The number of aryl methyl sites for hydroxylation is 2. The van der Waals surface area contributed by atoms with Crippen LogP contribution in [0.4, 0.5) is 0 Å². The average molecular weight is 394 g/mol. The molecule has 2 heterocycles. The van der Waals surface area contributed by atoms with E-state index in [0.717, 1.165) is 17.9 Å². The Bertz CT molecular complexity index is 1010. The summed E-state index contributed by atoms with van der Waals surface area (Å²) >= 11 is 1.74. The van der Waals surface area contributed by atoms with E-state index in [0.29, 0.717) is 12.2 Å². The number of carbonyl (C=O) groups excluding carboxylic acids is 1. The molecule has 1 amide bonds. The van der Waals surface area contributed by atoms with Crippen LogP contribution in [0, 0.1) is 6.92 Å². The molecule has 144 valence electrons. The van der Waals surface area contributed by atoms with Crippen LogP contribution in [0.1, 0.15) is 21.7 Å². The number of amides is 1. The van der Waals surface area contributed by atoms with Crippen molar-refractivity contribution in [3.05, 3.63) is 65.5 Å². The van der Waals surface area contributed by atoms with Crippen molar-refractivity contribution >= 4 is 17.7 Å². The third-order valence-electron chi connectivity index (χ3n) is 4.95. The Morgan fingerprint density at radius 2 is 1.96 bits per heavy atom. The number of rotatable bonds is 5. The first-order chi connectivity index (χ1) is 13.5. The van der Waals surface area contributed by atoms with Crippen LogP contribution in [0.5, 0.6) is 5.75 Å². The maximum atomic E-state index is 12.4. The molecule has 0 saturated heterocycles. The molecule has 1 aromatic heterocycles. The summed E-state index contributed by atoms with van der Waals surface area (Å²) in [7, 11) is 1.77. The fourth-order valence-electron chi connectivity index (χ4n) is 3.52. The number of benzene rings is 2. The summed E-state index contributed by atoms with van der Waals surface area (Å²) in [4.78, 5) is 13.6. The van der Waals surface area contributed by atoms with Gasteiger partial charge in [0.1, 0.15) is 17.5 Å². The lowest BCUT2D eigenvalue weighted by atomic mass is 10.0. The molecule has 5 nitrogen and oxygen atoms in total. The average Bonchev–Trinajstić information content (AvgIpc) is 3.27. The first-order valence-corrected chi connectivity index (χ1v) is 10.5. The number of nitrogens with one attached hydrogen (secondary N) is 1. The van der Waals surface area contributed by atoms with Crippen LogP contribution in [0.3, 0.4) is 0 Å². The summed E-state index contributed by atoms with van der Waals surface area (Å²) < 4.78 is 7.62. The van der Waals surface area contributed by atoms with E-state index in [-0.39, 0.29) is 12.0 Å². The minimum absolute atomic E-state index is 0.0533. The number of fused-ring (bicyclic) bond motifs is 1. The van der Waals surface area contributed by atoms with Crippen molar-refractivity contribution in [3.8, 4) is 16.9 Å². The van der Waals surface area contributed by atoms with E-state index in [4.69, 9.17) is 4.74 Å². The molecule has 0 fully saturated rings. The molecular formula is C22H23N3O2S. The summed E-state index contributed by atoms with van der Waals surface area (Å²) in [5.41, 5.74) is 4.95. The van der Waals surface area contributed by atoms with E-state index in [1.54, 1.807) is 29.6 Å². The highest BCUT2D eigenvalue weighted by Crippen LogP contribution is 2.33. The zero-order valence-corrected chi connectivity index (χ0v) is 17.0. The monoisotopic (exact) mass is 393 g/mol. The molecule has 0 bridgehead atoms. The standard InChI is InChI=1S/C22H23N3O2S/c1-14-10-20(25(2)24-14)22(26)23-13-18-12-17-11-16(6-9-21(17)27-18)15-4-7-19(28-3)8-5-15/h4-11,18H,12-13H2,1-3H3,(H,23,26)/t18-/m0/s1. The van der Waals surface area contributed by atoms with Crippen LogP contribution in [-0.2, 0) is 13.5 Å². The van der Waals surface area contributed by atoms with Crippen LogP contribution in [0.25, 0.3) is 11.1 Å². The van der Waals surface area contributed by atoms with Crippen LogP contribution in [-0.4, -0.2) is 34.6 Å². The van der Waals surface area contributed by atoms with Crippen molar-refractivity contribution in [2.45, 2.75) is 24.3 Å². The van der Waals surface area contributed by atoms with Gasteiger partial charge >= 0.3 is 0 Å². The van der Waals surface area contributed by atoms with Crippen molar-refractivity contribution in [3.63, 3.8) is 0 Å². The molecule has 0 saturated carbocycles. The van der Waals surface area contributed by atoms with Gasteiger partial charge in [-0.05, 0) is 60.2 Å². The molecule has 1 N–H and O–H groups in total. The third-order valence-corrected chi connectivity index (χ3v) is 5.69. The molecule has 2 aromatic carbocycles. The predicted octanol–water partition coefficient (Wildman–Crippen LogP) is 3.85. The van der Waals surface area contributed by atoms with Crippen LogP contribution in [0.2, 0.25) is 0 Å². The Morgan fingerprint density at radius 1 is 1.21 bits per heavy atom. The second-order valence-electron chi connectivity index (χ2n) is 7.00. The summed E-state index contributed by atoms with van der Waals surface area (Å²) in [6.45, 7) is 2.34. The zero-order valence-electron chi connectivity index (χ0n) is 16.2. The second kappa shape index (κ2) is 7.72. The molecule has 0 unspecified atom stereocenters. The fraction of sp³-hybridized carbons (Fsp3) is 0.273. The Balaban J connectivity index is 1.40. The largest absolute Gasteiger partial charge is 0.488 e. The summed E-state index contributed by atoms with van der Waals surface area (Å²) in [6.07, 6.45) is 2.81. The quantitative estimate of drug-likeness (QED) is 0.669. The van der Waals surface area contributed by atoms with Crippen molar-refractivity contribution in [1.29, 1.82) is 0 Å². The van der Waals surface area contributed by atoms with E-state index in [1.165, 1.54) is 21.6 Å². The molecule has 4 rings (SSSR count). The Hall–Kier alpha value is -2.73. The highest BCUT2D eigenvalue weighted by Gasteiger charge is 2.24. The maximum absolute atomic E-state index is 12.4. The van der Waals surface area contributed by atoms with Gasteiger partial charge in [0, 0.05) is 18.4 Å². The van der Waals surface area contributed by atoms with Gasteiger partial charge in [0.25, 0.3) is 5.91 Å². The summed E-state index contributed by atoms with van der Waals surface area (Å²) in [5.74, 6) is 0.775. The van der Waals surface area contributed by atoms with E-state index in [2.05, 4.69) is 53.1 Å². The SMILES string of the molecule is CSc1ccc(-c2ccc3c(c2)C[C@@H](CNC(=O)c2cc(C)nn2C)O3)cc1. The fourth-order valence-corrected chi connectivity index (χ4v) is 3.93. The van der Waals surface area contributed by atoms with Crippen LogP contribution in [0.15, 0.2) is 53.4 Å². The topological polar surface area (TPSA) is 56.2 Å². The molecule has 1 aliphatic heterocycles. The molecule has 0 aliphatic carbocycles. The van der Waals surface area contributed by atoms with Gasteiger partial charge in [-0.15, -0.1) is 11.8 Å². The molecule has 0 spiro atoms. The molecule has 3 aromatic rings. The summed E-state index contributed by atoms with van der Waals surface area (Å²) in [6, 6.07) is 16.7. The molecule has 28 heavy (non-hydrogen) atoms. The van der Waals surface area contributed by atoms with E-state index in [9.17, 15) is 4.79 Å². The number of ether oxygens (including phenoxy) is 1. The number of hydrogen-bond donors (Lipinski definition) is 1. The zero-order chi connectivity index (χ0) is 19.7. The second-order valence-corrected chi connectivity index (χ2v) is 7.88. The number of carbonyl (C=O) groups is 1. The van der Waals surface area contributed by atoms with Gasteiger partial charge in [0.05, 0.1) is 12.2 Å². The van der Waals surface area contributed by atoms with Gasteiger partial charge in [0.15, 0.2) is 0 Å².